The average molecular weight is 251 g/mol. The Morgan fingerprint density at radius 3 is 2.71 bits per heavy atom. The molecule has 1 heterocycles. The van der Waals surface area contributed by atoms with Crippen molar-refractivity contribution in [1.82, 2.24) is 4.57 Å². The van der Waals surface area contributed by atoms with Gasteiger partial charge in [0, 0.05) is 27.8 Å². The molecule has 0 spiro atoms. The van der Waals surface area contributed by atoms with Crippen molar-refractivity contribution in [1.29, 1.82) is 0 Å². The van der Waals surface area contributed by atoms with Crippen molar-refractivity contribution in [3.63, 3.8) is 0 Å². The van der Waals surface area contributed by atoms with E-state index < -0.39 is 5.91 Å². The monoisotopic (exact) mass is 250 g/mol. The summed E-state index contributed by atoms with van der Waals surface area (Å²) in [6.45, 7) is 4.06. The van der Waals surface area contributed by atoms with Crippen molar-refractivity contribution < 1.29 is 4.79 Å². The third-order valence-electron chi connectivity index (χ3n) is 2.67. The predicted octanol–water partition coefficient (Wildman–Crippen LogP) is 3.78. The van der Waals surface area contributed by atoms with Crippen LogP contribution < -0.4 is 0 Å². The first-order valence-electron chi connectivity index (χ1n) is 5.22. The molecule has 17 heavy (non-hydrogen) atoms. The smallest absolute Gasteiger partial charge is 0.317 e. The molecule has 1 amide bonds. The Hall–Kier alpha value is -1.68. The third kappa shape index (κ3) is 1.96. The average Bonchev–Trinajstić information content (AvgIpc) is 2.70. The van der Waals surface area contributed by atoms with E-state index in [9.17, 15) is 9.70 Å². The van der Waals surface area contributed by atoms with Crippen LogP contribution in [0, 0.1) is 4.91 Å². The van der Waals surface area contributed by atoms with Crippen molar-refractivity contribution in [2.45, 2.75) is 19.9 Å². The van der Waals surface area contributed by atoms with Crippen LogP contribution in [0.15, 0.2) is 29.6 Å². The number of halogens is 1. The molecular weight excluding hydrogens is 240 g/mol. The van der Waals surface area contributed by atoms with Gasteiger partial charge >= 0.3 is 5.91 Å². The first-order valence-corrected chi connectivity index (χ1v) is 5.60. The minimum absolute atomic E-state index is 0.248. The lowest BCUT2D eigenvalue weighted by Crippen LogP contribution is -2.00. The molecule has 0 saturated carbocycles. The molecule has 1 aromatic heterocycles. The Morgan fingerprint density at radius 1 is 1.41 bits per heavy atom. The Kier molecular flexibility index (Phi) is 2.98. The molecule has 0 aliphatic heterocycles. The third-order valence-corrected chi connectivity index (χ3v) is 2.89. The van der Waals surface area contributed by atoms with Gasteiger partial charge in [-0.25, -0.2) is 0 Å². The minimum atomic E-state index is -0.793. The molecule has 88 valence electrons. The zero-order valence-electron chi connectivity index (χ0n) is 9.48. The van der Waals surface area contributed by atoms with Crippen molar-refractivity contribution in [2.24, 2.45) is 5.18 Å². The van der Waals surface area contributed by atoms with E-state index in [0.29, 0.717) is 10.4 Å². The fourth-order valence-corrected chi connectivity index (χ4v) is 2.12. The fraction of sp³-hybridized carbons (Fsp3) is 0.250. The molecule has 2 aromatic rings. The molecule has 0 unspecified atom stereocenters. The number of aromatic nitrogens is 1. The van der Waals surface area contributed by atoms with E-state index in [-0.39, 0.29) is 11.6 Å². The van der Waals surface area contributed by atoms with Gasteiger partial charge in [-0.05, 0) is 32.0 Å². The molecule has 0 radical (unpaired) electrons. The van der Waals surface area contributed by atoms with E-state index in [2.05, 4.69) is 5.18 Å². The Morgan fingerprint density at radius 2 is 2.12 bits per heavy atom. The van der Waals surface area contributed by atoms with Crippen molar-refractivity contribution in [3.05, 3.63) is 39.9 Å². The zero-order valence-corrected chi connectivity index (χ0v) is 10.2. The Balaban J connectivity index is 2.78. The number of amides is 1. The second kappa shape index (κ2) is 4.30. The van der Waals surface area contributed by atoms with E-state index in [4.69, 9.17) is 11.6 Å². The van der Waals surface area contributed by atoms with E-state index in [1.54, 1.807) is 12.1 Å². The molecule has 0 fully saturated rings. The van der Waals surface area contributed by atoms with Crippen LogP contribution in [0.5, 0.6) is 0 Å². The fourth-order valence-electron chi connectivity index (χ4n) is 1.90. The van der Waals surface area contributed by atoms with Gasteiger partial charge in [-0.1, -0.05) is 11.6 Å². The summed E-state index contributed by atoms with van der Waals surface area (Å²) in [7, 11) is 0. The molecule has 4 nitrogen and oxygen atoms in total. The summed E-state index contributed by atoms with van der Waals surface area (Å²) in [6.07, 6.45) is 1.87. The van der Waals surface area contributed by atoms with Crippen LogP contribution in [0.25, 0.3) is 10.9 Å². The summed E-state index contributed by atoms with van der Waals surface area (Å²) in [5, 5.41) is 3.57. The maximum Gasteiger partial charge on any atom is 0.317 e. The summed E-state index contributed by atoms with van der Waals surface area (Å²) < 4.78 is 1.99. The highest BCUT2D eigenvalue weighted by molar-refractivity contribution is 6.32. The highest BCUT2D eigenvalue weighted by Crippen LogP contribution is 2.27. The second-order valence-corrected chi connectivity index (χ2v) is 4.54. The molecule has 0 N–H and O–H groups in total. The number of hydrogen-bond donors (Lipinski definition) is 0. The number of rotatable bonds is 2. The highest BCUT2D eigenvalue weighted by atomic mass is 35.5. The summed E-state index contributed by atoms with van der Waals surface area (Å²) in [4.78, 5) is 21.8. The molecular formula is C12H11ClN2O2. The zero-order chi connectivity index (χ0) is 12.6. The highest BCUT2D eigenvalue weighted by Gasteiger charge is 2.15. The van der Waals surface area contributed by atoms with Gasteiger partial charge < -0.3 is 4.57 Å². The van der Waals surface area contributed by atoms with Crippen molar-refractivity contribution in [3.8, 4) is 0 Å². The molecule has 5 heteroatoms. The van der Waals surface area contributed by atoms with Crippen LogP contribution >= 0.6 is 11.6 Å². The van der Waals surface area contributed by atoms with Crippen LogP contribution in [0.4, 0.5) is 0 Å². The number of nitrogens with zero attached hydrogens (tertiary/aromatic N) is 2. The van der Waals surface area contributed by atoms with Crippen molar-refractivity contribution >= 4 is 28.4 Å². The number of carbonyl (C=O) groups is 1. The van der Waals surface area contributed by atoms with E-state index in [1.807, 2.05) is 24.6 Å². The molecule has 0 aliphatic carbocycles. The minimum Gasteiger partial charge on any atom is -0.345 e. The number of benzene rings is 1. The van der Waals surface area contributed by atoms with Gasteiger partial charge in [0.15, 0.2) is 0 Å². The quantitative estimate of drug-likeness (QED) is 0.762. The SMILES string of the molecule is CC(C)n1ccc2c(C(=O)N=O)cc(Cl)cc21. The number of carbonyl (C=O) groups excluding carboxylic acids is 1. The van der Waals surface area contributed by atoms with Gasteiger partial charge in [0.2, 0.25) is 0 Å². The van der Waals surface area contributed by atoms with E-state index >= 15 is 0 Å². The molecule has 0 aliphatic rings. The molecule has 1 aromatic carbocycles. The number of nitroso groups, excluding NO2 is 1. The first-order chi connectivity index (χ1) is 8.04. The number of fused-ring (bicyclic) bond motifs is 1. The van der Waals surface area contributed by atoms with Gasteiger partial charge in [-0.15, -0.1) is 4.91 Å². The van der Waals surface area contributed by atoms with Gasteiger partial charge in [0.05, 0.1) is 11.1 Å². The molecule has 0 atom stereocenters. The summed E-state index contributed by atoms with van der Waals surface area (Å²) in [5.41, 5.74) is 1.08. The van der Waals surface area contributed by atoms with Gasteiger partial charge in [-0.3, -0.25) is 4.79 Å². The Bertz CT molecular complexity index is 602. The number of hydrogen-bond acceptors (Lipinski definition) is 2. The van der Waals surface area contributed by atoms with Gasteiger partial charge in [-0.2, -0.15) is 0 Å². The second-order valence-electron chi connectivity index (χ2n) is 4.10. The topological polar surface area (TPSA) is 51.4 Å². The van der Waals surface area contributed by atoms with Crippen LogP contribution in [-0.4, -0.2) is 10.5 Å². The van der Waals surface area contributed by atoms with Crippen LogP contribution in [0.3, 0.4) is 0 Å². The van der Waals surface area contributed by atoms with Crippen LogP contribution in [0.1, 0.15) is 30.2 Å². The molecule has 0 bridgehead atoms. The summed E-state index contributed by atoms with van der Waals surface area (Å²) in [6, 6.07) is 5.29. The largest absolute Gasteiger partial charge is 0.345 e. The molecule has 2 rings (SSSR count). The van der Waals surface area contributed by atoms with E-state index in [1.165, 1.54) is 6.07 Å². The van der Waals surface area contributed by atoms with Crippen LogP contribution in [0.2, 0.25) is 5.02 Å². The maximum absolute atomic E-state index is 11.4. The summed E-state index contributed by atoms with van der Waals surface area (Å²) >= 11 is 5.95. The first kappa shape index (κ1) is 11.8. The summed E-state index contributed by atoms with van der Waals surface area (Å²) in [5.74, 6) is -0.793. The lowest BCUT2D eigenvalue weighted by molar-refractivity contribution is 0.100. The maximum atomic E-state index is 11.4. The normalized spacial score (nSPS) is 11.1. The van der Waals surface area contributed by atoms with Crippen LogP contribution in [-0.2, 0) is 0 Å². The van der Waals surface area contributed by atoms with E-state index in [0.717, 1.165) is 5.52 Å². The van der Waals surface area contributed by atoms with Crippen molar-refractivity contribution in [2.75, 3.05) is 0 Å². The van der Waals surface area contributed by atoms with Gasteiger partial charge in [0.25, 0.3) is 0 Å². The molecule has 0 saturated heterocycles. The Labute approximate surface area is 103 Å². The van der Waals surface area contributed by atoms with Gasteiger partial charge in [0.1, 0.15) is 0 Å². The predicted molar refractivity (Wildman–Crippen MR) is 67.5 cm³/mol. The lowest BCUT2D eigenvalue weighted by Gasteiger charge is -2.09. The lowest BCUT2D eigenvalue weighted by atomic mass is 10.1. The standard InChI is InChI=1S/C12H11ClN2O2/c1-7(2)15-4-3-9-10(12(16)14-17)5-8(13)6-11(9)15/h3-7H,1-2H3.